The molecule has 1 aliphatic heterocycles. The summed E-state index contributed by atoms with van der Waals surface area (Å²) in [6, 6.07) is 12.0. The molecule has 2 N–H and O–H groups in total. The third-order valence-corrected chi connectivity index (χ3v) is 4.24. The highest BCUT2D eigenvalue weighted by Crippen LogP contribution is 2.22. The second-order valence-corrected chi connectivity index (χ2v) is 5.57. The fourth-order valence-corrected chi connectivity index (χ4v) is 2.82. The van der Waals surface area contributed by atoms with Gasteiger partial charge in [-0.15, -0.1) is 0 Å². The molecule has 0 aromatic heterocycles. The number of aryl methyl sites for hydroxylation is 1. The smallest absolute Gasteiger partial charge is 0.255 e. The molecule has 0 fully saturated rings. The maximum absolute atomic E-state index is 12.6. The molecule has 0 saturated heterocycles. The van der Waals surface area contributed by atoms with Crippen LogP contribution in [0.4, 0.5) is 5.69 Å². The lowest BCUT2D eigenvalue weighted by Crippen LogP contribution is -2.26. The van der Waals surface area contributed by atoms with Crippen LogP contribution in [0, 0.1) is 13.8 Å². The summed E-state index contributed by atoms with van der Waals surface area (Å²) in [6.45, 7) is 5.87. The van der Waals surface area contributed by atoms with Gasteiger partial charge in [-0.3, -0.25) is 4.79 Å². The van der Waals surface area contributed by atoms with Gasteiger partial charge in [-0.05, 0) is 61.2 Å². The molecule has 3 nitrogen and oxygen atoms in total. The molecule has 21 heavy (non-hydrogen) atoms. The molecule has 1 heterocycles. The largest absolute Gasteiger partial charge is 0.322 e. The molecule has 3 heteroatoms. The summed E-state index contributed by atoms with van der Waals surface area (Å²) in [7, 11) is 0. The Balaban J connectivity index is 1.91. The van der Waals surface area contributed by atoms with Crippen LogP contribution in [0.3, 0.4) is 0 Å². The average Bonchev–Trinajstić information content (AvgIpc) is 2.51. The standard InChI is InChI=1S/C18H20N2O/c1-12-5-3-8-17(13(12)2)20-18(21)16-7-4-6-14-11-19-10-9-15(14)16/h3-8,19H,9-11H2,1-2H3,(H,20,21). The highest BCUT2D eigenvalue weighted by atomic mass is 16.1. The van der Waals surface area contributed by atoms with Crippen molar-refractivity contribution in [2.75, 3.05) is 11.9 Å². The average molecular weight is 280 g/mol. The number of carbonyl (C=O) groups excluding carboxylic acids is 1. The van der Waals surface area contributed by atoms with Crippen molar-refractivity contribution in [2.45, 2.75) is 26.8 Å². The zero-order valence-corrected chi connectivity index (χ0v) is 12.5. The van der Waals surface area contributed by atoms with Gasteiger partial charge in [0, 0.05) is 17.8 Å². The van der Waals surface area contributed by atoms with E-state index in [1.165, 1.54) is 16.7 Å². The molecule has 0 saturated carbocycles. The minimum absolute atomic E-state index is 0.0116. The molecule has 2 aromatic carbocycles. The lowest BCUT2D eigenvalue weighted by molar-refractivity contribution is 0.102. The number of amides is 1. The molecule has 1 amide bonds. The van der Waals surface area contributed by atoms with Crippen LogP contribution in [-0.4, -0.2) is 12.5 Å². The fourth-order valence-electron chi connectivity index (χ4n) is 2.82. The van der Waals surface area contributed by atoms with Crippen molar-refractivity contribution >= 4 is 11.6 Å². The van der Waals surface area contributed by atoms with Gasteiger partial charge in [0.25, 0.3) is 5.91 Å². The van der Waals surface area contributed by atoms with E-state index in [0.29, 0.717) is 0 Å². The summed E-state index contributed by atoms with van der Waals surface area (Å²) in [4.78, 5) is 12.6. The predicted molar refractivity (Wildman–Crippen MR) is 85.7 cm³/mol. The number of rotatable bonds is 2. The SMILES string of the molecule is Cc1cccc(NC(=O)c2cccc3c2CCNC3)c1C. The molecule has 0 bridgehead atoms. The zero-order valence-electron chi connectivity index (χ0n) is 12.5. The second-order valence-electron chi connectivity index (χ2n) is 5.57. The third-order valence-electron chi connectivity index (χ3n) is 4.24. The molecule has 0 atom stereocenters. The van der Waals surface area contributed by atoms with Crippen LogP contribution >= 0.6 is 0 Å². The van der Waals surface area contributed by atoms with Gasteiger partial charge < -0.3 is 10.6 Å². The van der Waals surface area contributed by atoms with Gasteiger partial charge in [0.15, 0.2) is 0 Å². The van der Waals surface area contributed by atoms with E-state index in [1.54, 1.807) is 0 Å². The molecular weight excluding hydrogens is 260 g/mol. The van der Waals surface area contributed by atoms with Crippen molar-refractivity contribution in [1.29, 1.82) is 0 Å². The Morgan fingerprint density at radius 2 is 1.95 bits per heavy atom. The van der Waals surface area contributed by atoms with Crippen molar-refractivity contribution in [2.24, 2.45) is 0 Å². The van der Waals surface area contributed by atoms with E-state index >= 15 is 0 Å². The Kier molecular flexibility index (Phi) is 3.76. The van der Waals surface area contributed by atoms with Gasteiger partial charge in [0.1, 0.15) is 0 Å². The van der Waals surface area contributed by atoms with Crippen LogP contribution in [0.1, 0.15) is 32.6 Å². The second kappa shape index (κ2) is 5.70. The van der Waals surface area contributed by atoms with Crippen molar-refractivity contribution in [3.63, 3.8) is 0 Å². The maximum Gasteiger partial charge on any atom is 0.255 e. The van der Waals surface area contributed by atoms with Gasteiger partial charge in [-0.2, -0.15) is 0 Å². The summed E-state index contributed by atoms with van der Waals surface area (Å²) < 4.78 is 0. The minimum atomic E-state index is -0.0116. The maximum atomic E-state index is 12.6. The molecule has 1 aliphatic rings. The van der Waals surface area contributed by atoms with Crippen LogP contribution in [0.2, 0.25) is 0 Å². The fraction of sp³-hybridized carbons (Fsp3) is 0.278. The van der Waals surface area contributed by atoms with Crippen LogP contribution < -0.4 is 10.6 Å². The Morgan fingerprint density at radius 3 is 2.81 bits per heavy atom. The summed E-state index contributed by atoms with van der Waals surface area (Å²) in [5, 5.41) is 6.40. The number of carbonyl (C=O) groups is 1. The third kappa shape index (κ3) is 2.69. The number of anilines is 1. The quantitative estimate of drug-likeness (QED) is 0.887. The zero-order chi connectivity index (χ0) is 14.8. The summed E-state index contributed by atoms with van der Waals surface area (Å²) in [5.74, 6) is -0.0116. The molecule has 0 unspecified atom stereocenters. The first kappa shape index (κ1) is 13.8. The van der Waals surface area contributed by atoms with E-state index in [1.807, 2.05) is 31.2 Å². The van der Waals surface area contributed by atoms with Crippen LogP contribution in [0.25, 0.3) is 0 Å². The molecule has 0 radical (unpaired) electrons. The van der Waals surface area contributed by atoms with Crippen LogP contribution in [0.15, 0.2) is 36.4 Å². The molecule has 3 rings (SSSR count). The van der Waals surface area contributed by atoms with Gasteiger partial charge in [-0.1, -0.05) is 24.3 Å². The normalized spacial score (nSPS) is 13.6. The van der Waals surface area contributed by atoms with Gasteiger partial charge in [0.2, 0.25) is 0 Å². The number of fused-ring (bicyclic) bond motifs is 1. The predicted octanol–water partition coefficient (Wildman–Crippen LogP) is 3.20. The lowest BCUT2D eigenvalue weighted by atomic mass is 9.95. The van der Waals surface area contributed by atoms with Crippen molar-refractivity contribution in [3.05, 3.63) is 64.2 Å². The van der Waals surface area contributed by atoms with Crippen molar-refractivity contribution < 1.29 is 4.79 Å². The number of hydrogen-bond acceptors (Lipinski definition) is 2. The van der Waals surface area contributed by atoms with E-state index in [-0.39, 0.29) is 5.91 Å². The molecule has 2 aromatic rings. The van der Waals surface area contributed by atoms with E-state index in [4.69, 9.17) is 0 Å². The van der Waals surface area contributed by atoms with Gasteiger partial charge >= 0.3 is 0 Å². The summed E-state index contributed by atoms with van der Waals surface area (Å²) >= 11 is 0. The van der Waals surface area contributed by atoms with E-state index in [9.17, 15) is 4.79 Å². The van der Waals surface area contributed by atoms with E-state index in [2.05, 4.69) is 29.7 Å². The van der Waals surface area contributed by atoms with Crippen LogP contribution in [0.5, 0.6) is 0 Å². The van der Waals surface area contributed by atoms with Crippen molar-refractivity contribution in [3.8, 4) is 0 Å². The molecule has 108 valence electrons. The summed E-state index contributed by atoms with van der Waals surface area (Å²) in [5.41, 5.74) is 6.42. The number of benzene rings is 2. The highest BCUT2D eigenvalue weighted by molar-refractivity contribution is 6.06. The Morgan fingerprint density at radius 1 is 1.14 bits per heavy atom. The summed E-state index contributed by atoms with van der Waals surface area (Å²) in [6.07, 6.45) is 0.908. The minimum Gasteiger partial charge on any atom is -0.322 e. The monoisotopic (exact) mass is 280 g/mol. The first-order valence-corrected chi connectivity index (χ1v) is 7.36. The molecular formula is C18H20N2O. The van der Waals surface area contributed by atoms with Gasteiger partial charge in [-0.25, -0.2) is 0 Å². The van der Waals surface area contributed by atoms with Gasteiger partial charge in [0.05, 0.1) is 0 Å². The van der Waals surface area contributed by atoms with Crippen molar-refractivity contribution in [1.82, 2.24) is 5.32 Å². The lowest BCUT2D eigenvalue weighted by Gasteiger charge is -2.20. The Bertz CT molecular complexity index is 692. The first-order chi connectivity index (χ1) is 10.2. The number of nitrogens with one attached hydrogen (secondary N) is 2. The number of hydrogen-bond donors (Lipinski definition) is 2. The molecule has 0 spiro atoms. The van der Waals surface area contributed by atoms with E-state index in [0.717, 1.165) is 36.3 Å². The Hall–Kier alpha value is -2.13. The van der Waals surface area contributed by atoms with E-state index < -0.39 is 0 Å². The highest BCUT2D eigenvalue weighted by Gasteiger charge is 2.17. The van der Waals surface area contributed by atoms with Crippen LogP contribution in [-0.2, 0) is 13.0 Å². The molecule has 0 aliphatic carbocycles. The first-order valence-electron chi connectivity index (χ1n) is 7.36. The Labute approximate surface area is 125 Å². The topological polar surface area (TPSA) is 41.1 Å².